The third kappa shape index (κ3) is 1.91. The Labute approximate surface area is 132 Å². The summed E-state index contributed by atoms with van der Waals surface area (Å²) >= 11 is 1.66. The predicted molar refractivity (Wildman–Crippen MR) is 85.9 cm³/mol. The largest absolute Gasteiger partial charge is 0.416 e. The minimum absolute atomic E-state index is 0.236. The fourth-order valence-electron chi connectivity index (χ4n) is 3.10. The zero-order chi connectivity index (χ0) is 14.5. The standard InChI is InChI=1S/C18H14N2OS/c1-3-7-14-12(5-1)13-6-2-4-8-15(13)16(14)22-18-20-19-17(21-18)11-9-10-11/h1-8,11,16H,9-10H2. The first-order valence-electron chi connectivity index (χ1n) is 7.58. The van der Waals surface area contributed by atoms with E-state index in [2.05, 4.69) is 58.7 Å². The van der Waals surface area contributed by atoms with Gasteiger partial charge >= 0.3 is 0 Å². The van der Waals surface area contributed by atoms with Gasteiger partial charge < -0.3 is 4.42 Å². The monoisotopic (exact) mass is 306 g/mol. The summed E-state index contributed by atoms with van der Waals surface area (Å²) in [5.74, 6) is 1.31. The number of thioether (sulfide) groups is 1. The number of nitrogens with zero attached hydrogens (tertiary/aromatic N) is 2. The summed E-state index contributed by atoms with van der Waals surface area (Å²) < 4.78 is 5.84. The van der Waals surface area contributed by atoms with Crippen molar-refractivity contribution >= 4 is 11.8 Å². The Bertz CT molecular complexity index is 808. The summed E-state index contributed by atoms with van der Waals surface area (Å²) in [6.45, 7) is 0. The van der Waals surface area contributed by atoms with E-state index in [0.29, 0.717) is 11.1 Å². The average Bonchev–Trinajstić information content (AvgIpc) is 3.24. The van der Waals surface area contributed by atoms with E-state index in [1.54, 1.807) is 11.8 Å². The number of benzene rings is 2. The van der Waals surface area contributed by atoms with Crippen molar-refractivity contribution < 1.29 is 4.42 Å². The third-order valence-electron chi connectivity index (χ3n) is 4.34. The lowest BCUT2D eigenvalue weighted by atomic mass is 10.1. The SMILES string of the molecule is c1ccc2c(c1)-c1ccccc1C2Sc1nnc(C2CC2)o1. The number of aromatic nitrogens is 2. The molecule has 4 heteroatoms. The summed E-state index contributed by atoms with van der Waals surface area (Å²) in [4.78, 5) is 0. The maximum Gasteiger partial charge on any atom is 0.277 e. The lowest BCUT2D eigenvalue weighted by Crippen LogP contribution is -1.91. The quantitative estimate of drug-likeness (QED) is 0.696. The first-order chi connectivity index (χ1) is 10.9. The van der Waals surface area contributed by atoms with Crippen LogP contribution in [0.25, 0.3) is 11.1 Å². The van der Waals surface area contributed by atoms with E-state index in [1.807, 2.05) is 0 Å². The van der Waals surface area contributed by atoms with E-state index in [1.165, 1.54) is 35.1 Å². The first-order valence-corrected chi connectivity index (χ1v) is 8.46. The van der Waals surface area contributed by atoms with Crippen LogP contribution in [-0.4, -0.2) is 10.2 Å². The second-order valence-corrected chi connectivity index (χ2v) is 6.91. The zero-order valence-corrected chi connectivity index (χ0v) is 12.7. The normalized spacial score (nSPS) is 16.5. The summed E-state index contributed by atoms with van der Waals surface area (Å²) in [6, 6.07) is 17.2. The zero-order valence-electron chi connectivity index (χ0n) is 11.9. The van der Waals surface area contributed by atoms with Crippen molar-refractivity contribution in [3.8, 4) is 11.1 Å². The van der Waals surface area contributed by atoms with Gasteiger partial charge in [-0.3, -0.25) is 0 Å². The molecule has 1 fully saturated rings. The first kappa shape index (κ1) is 12.5. The van der Waals surface area contributed by atoms with Crippen LogP contribution in [0.4, 0.5) is 0 Å². The van der Waals surface area contributed by atoms with Gasteiger partial charge in [-0.15, -0.1) is 10.2 Å². The minimum atomic E-state index is 0.236. The number of hydrogen-bond donors (Lipinski definition) is 0. The molecule has 2 aliphatic rings. The van der Waals surface area contributed by atoms with Gasteiger partial charge in [0.2, 0.25) is 5.89 Å². The van der Waals surface area contributed by atoms with Gasteiger partial charge in [-0.2, -0.15) is 0 Å². The Hall–Kier alpha value is -2.07. The van der Waals surface area contributed by atoms with Crippen LogP contribution in [0, 0.1) is 0 Å². The Morgan fingerprint density at radius 2 is 1.50 bits per heavy atom. The summed E-state index contributed by atoms with van der Waals surface area (Å²) in [6.07, 6.45) is 2.36. The van der Waals surface area contributed by atoms with E-state index in [0.717, 1.165) is 5.89 Å². The number of rotatable bonds is 3. The molecule has 0 aliphatic heterocycles. The Balaban J connectivity index is 1.55. The van der Waals surface area contributed by atoms with Crippen LogP contribution in [0.2, 0.25) is 0 Å². The number of hydrogen-bond acceptors (Lipinski definition) is 4. The van der Waals surface area contributed by atoms with Gasteiger partial charge in [-0.05, 0) is 35.1 Å². The lowest BCUT2D eigenvalue weighted by Gasteiger charge is -2.09. The molecule has 2 aliphatic carbocycles. The van der Waals surface area contributed by atoms with Gasteiger partial charge in [-0.1, -0.05) is 60.3 Å². The van der Waals surface area contributed by atoms with E-state index >= 15 is 0 Å². The maximum absolute atomic E-state index is 5.84. The van der Waals surface area contributed by atoms with Crippen molar-refractivity contribution in [3.63, 3.8) is 0 Å². The molecule has 3 aromatic rings. The Morgan fingerprint density at radius 3 is 2.14 bits per heavy atom. The van der Waals surface area contributed by atoms with Crippen LogP contribution in [-0.2, 0) is 0 Å². The summed E-state index contributed by atoms with van der Waals surface area (Å²) in [5.41, 5.74) is 5.30. The molecule has 0 N–H and O–H groups in total. The van der Waals surface area contributed by atoms with Crippen LogP contribution in [0.1, 0.15) is 41.0 Å². The molecule has 1 aromatic heterocycles. The highest BCUT2D eigenvalue weighted by Crippen LogP contribution is 2.52. The highest BCUT2D eigenvalue weighted by atomic mass is 32.2. The molecule has 0 spiro atoms. The van der Waals surface area contributed by atoms with Crippen LogP contribution in [0.3, 0.4) is 0 Å². The van der Waals surface area contributed by atoms with E-state index in [-0.39, 0.29) is 5.25 Å². The fraction of sp³-hybridized carbons (Fsp3) is 0.222. The minimum Gasteiger partial charge on any atom is -0.416 e. The molecule has 0 bridgehead atoms. The molecule has 1 heterocycles. The average molecular weight is 306 g/mol. The van der Waals surface area contributed by atoms with Crippen LogP contribution in [0.5, 0.6) is 0 Å². The molecular weight excluding hydrogens is 292 g/mol. The highest BCUT2D eigenvalue weighted by Gasteiger charge is 2.32. The molecule has 0 saturated heterocycles. The molecule has 3 nitrogen and oxygen atoms in total. The second kappa shape index (κ2) is 4.71. The highest BCUT2D eigenvalue weighted by molar-refractivity contribution is 7.99. The van der Waals surface area contributed by atoms with Gasteiger partial charge in [0.05, 0.1) is 5.25 Å². The molecule has 5 rings (SSSR count). The van der Waals surface area contributed by atoms with Crippen LogP contribution < -0.4 is 0 Å². The topological polar surface area (TPSA) is 38.9 Å². The van der Waals surface area contributed by atoms with E-state index in [4.69, 9.17) is 4.42 Å². The molecule has 0 amide bonds. The maximum atomic E-state index is 5.84. The molecule has 0 radical (unpaired) electrons. The van der Waals surface area contributed by atoms with Gasteiger partial charge in [0, 0.05) is 5.92 Å². The van der Waals surface area contributed by atoms with Crippen molar-refractivity contribution in [2.45, 2.75) is 29.2 Å². The molecule has 1 saturated carbocycles. The van der Waals surface area contributed by atoms with E-state index in [9.17, 15) is 0 Å². The number of fused-ring (bicyclic) bond motifs is 3. The van der Waals surface area contributed by atoms with Gasteiger partial charge in [0.15, 0.2) is 0 Å². The van der Waals surface area contributed by atoms with Crippen molar-refractivity contribution in [1.29, 1.82) is 0 Å². The molecule has 2 aromatic carbocycles. The van der Waals surface area contributed by atoms with Gasteiger partial charge in [-0.25, -0.2) is 0 Å². The Kier molecular flexibility index (Phi) is 2.67. The lowest BCUT2D eigenvalue weighted by molar-refractivity contribution is 0.414. The van der Waals surface area contributed by atoms with Crippen molar-refractivity contribution in [2.24, 2.45) is 0 Å². The van der Waals surface area contributed by atoms with Crippen molar-refractivity contribution in [3.05, 3.63) is 65.5 Å². The molecule has 108 valence electrons. The smallest absolute Gasteiger partial charge is 0.277 e. The van der Waals surface area contributed by atoms with Crippen molar-refractivity contribution in [1.82, 2.24) is 10.2 Å². The van der Waals surface area contributed by atoms with Crippen molar-refractivity contribution in [2.75, 3.05) is 0 Å². The summed E-state index contributed by atoms with van der Waals surface area (Å²) in [7, 11) is 0. The second-order valence-electron chi connectivity index (χ2n) is 5.85. The fourth-order valence-corrected chi connectivity index (χ4v) is 4.19. The Morgan fingerprint density at radius 1 is 0.864 bits per heavy atom. The van der Waals surface area contributed by atoms with Gasteiger partial charge in [0.1, 0.15) is 0 Å². The molecule has 22 heavy (non-hydrogen) atoms. The molecular formula is C18H14N2OS. The third-order valence-corrected chi connectivity index (χ3v) is 5.45. The van der Waals surface area contributed by atoms with Crippen LogP contribution in [0.15, 0.2) is 58.2 Å². The summed E-state index contributed by atoms with van der Waals surface area (Å²) in [5, 5.41) is 9.34. The molecule has 0 atom stereocenters. The predicted octanol–water partition coefficient (Wildman–Crippen LogP) is 4.81. The van der Waals surface area contributed by atoms with Gasteiger partial charge in [0.25, 0.3) is 5.22 Å². The molecule has 0 unspecified atom stereocenters. The van der Waals surface area contributed by atoms with E-state index < -0.39 is 0 Å². The van der Waals surface area contributed by atoms with Crippen LogP contribution >= 0.6 is 11.8 Å².